The van der Waals surface area contributed by atoms with E-state index >= 15 is 0 Å². The lowest BCUT2D eigenvalue weighted by molar-refractivity contribution is 0.415. The monoisotopic (exact) mass is 347 g/mol. The Balaban J connectivity index is 1.55. The van der Waals surface area contributed by atoms with Crippen molar-refractivity contribution in [2.75, 3.05) is 12.4 Å². The number of nitrogens with zero attached hydrogens (tertiary/aromatic N) is 4. The lowest BCUT2D eigenvalue weighted by Gasteiger charge is -2.08. The fourth-order valence-electron chi connectivity index (χ4n) is 2.51. The number of aryl methyl sites for hydroxylation is 1. The number of methoxy groups -OCH3 is 1. The second-order valence-corrected chi connectivity index (χ2v) is 5.69. The van der Waals surface area contributed by atoms with E-state index < -0.39 is 0 Å². The predicted octanol–water partition coefficient (Wildman–Crippen LogP) is 3.98. The average molecular weight is 347 g/mol. The van der Waals surface area contributed by atoms with Crippen molar-refractivity contribution in [2.45, 2.75) is 6.92 Å². The lowest BCUT2D eigenvalue weighted by atomic mass is 10.2. The van der Waals surface area contributed by atoms with Gasteiger partial charge in [0.05, 0.1) is 13.3 Å². The number of rotatable bonds is 5. The van der Waals surface area contributed by atoms with Gasteiger partial charge in [0.1, 0.15) is 5.75 Å². The van der Waals surface area contributed by atoms with Crippen molar-refractivity contribution in [3.63, 3.8) is 0 Å². The van der Waals surface area contributed by atoms with Crippen LogP contribution in [0.1, 0.15) is 5.56 Å². The molecular formula is C19H17N5O2. The van der Waals surface area contributed by atoms with Gasteiger partial charge in [-0.2, -0.15) is 5.10 Å². The summed E-state index contributed by atoms with van der Waals surface area (Å²) < 4.78 is 12.8. The van der Waals surface area contributed by atoms with E-state index in [1.165, 1.54) is 0 Å². The van der Waals surface area contributed by atoms with Crippen molar-refractivity contribution < 1.29 is 9.15 Å². The molecule has 0 radical (unpaired) electrons. The Hall–Kier alpha value is -3.61. The summed E-state index contributed by atoms with van der Waals surface area (Å²) in [6.07, 6.45) is 6.96. The highest BCUT2D eigenvalue weighted by Gasteiger charge is 2.09. The Morgan fingerprint density at radius 2 is 2.04 bits per heavy atom. The zero-order chi connectivity index (χ0) is 17.9. The molecule has 0 spiro atoms. The van der Waals surface area contributed by atoms with E-state index in [-0.39, 0.29) is 0 Å². The van der Waals surface area contributed by atoms with Gasteiger partial charge in [0.2, 0.25) is 0 Å². The number of aromatic nitrogens is 4. The van der Waals surface area contributed by atoms with Crippen LogP contribution in [-0.2, 0) is 0 Å². The molecule has 26 heavy (non-hydrogen) atoms. The van der Waals surface area contributed by atoms with Crippen LogP contribution in [0, 0.1) is 6.92 Å². The molecule has 0 amide bonds. The normalized spacial score (nSPS) is 10.7. The second-order valence-electron chi connectivity index (χ2n) is 5.69. The summed E-state index contributed by atoms with van der Waals surface area (Å²) >= 11 is 0. The van der Waals surface area contributed by atoms with Gasteiger partial charge >= 0.3 is 0 Å². The van der Waals surface area contributed by atoms with Crippen LogP contribution < -0.4 is 10.1 Å². The number of pyridine rings is 1. The molecule has 130 valence electrons. The van der Waals surface area contributed by atoms with E-state index in [4.69, 9.17) is 9.15 Å². The van der Waals surface area contributed by atoms with Gasteiger partial charge in [-0.25, -0.2) is 14.6 Å². The van der Waals surface area contributed by atoms with Gasteiger partial charge in [-0.05, 0) is 36.8 Å². The number of anilines is 2. The maximum absolute atomic E-state index is 5.81. The van der Waals surface area contributed by atoms with Gasteiger partial charge in [-0.3, -0.25) is 0 Å². The maximum atomic E-state index is 5.81. The average Bonchev–Trinajstić information content (AvgIpc) is 3.36. The molecule has 0 aliphatic rings. The Morgan fingerprint density at radius 3 is 2.77 bits per heavy atom. The molecule has 3 aromatic heterocycles. The van der Waals surface area contributed by atoms with Crippen LogP contribution in [0.3, 0.4) is 0 Å². The molecule has 0 atom stereocenters. The molecule has 1 N–H and O–H groups in total. The minimum absolute atomic E-state index is 0.410. The first kappa shape index (κ1) is 15.9. The largest absolute Gasteiger partial charge is 0.497 e. The summed E-state index contributed by atoms with van der Waals surface area (Å²) in [6.45, 7) is 2.00. The minimum atomic E-state index is 0.410. The highest BCUT2D eigenvalue weighted by atomic mass is 16.5. The van der Waals surface area contributed by atoms with E-state index in [9.17, 15) is 0 Å². The van der Waals surface area contributed by atoms with Crippen molar-refractivity contribution in [3.8, 4) is 22.9 Å². The van der Waals surface area contributed by atoms with Crippen molar-refractivity contribution in [2.24, 2.45) is 0 Å². The molecule has 0 unspecified atom stereocenters. The van der Waals surface area contributed by atoms with Crippen LogP contribution in [0.4, 0.5) is 11.7 Å². The third kappa shape index (κ3) is 3.14. The molecule has 0 aliphatic heterocycles. The van der Waals surface area contributed by atoms with Gasteiger partial charge < -0.3 is 14.5 Å². The standard InChI is InChI=1S/C19H17N5O2/c1-13-4-6-15(25-2)10-16(13)23-19-21-12-17(26-19)14-5-7-18(20-11-14)24-9-3-8-22-24/h3-12H,1-2H3,(H,21,23). The SMILES string of the molecule is COc1ccc(C)c(Nc2ncc(-c3ccc(-n4cccn4)nc3)o2)c1. The third-order valence-electron chi connectivity index (χ3n) is 3.96. The molecule has 4 aromatic rings. The lowest BCUT2D eigenvalue weighted by Crippen LogP contribution is -1.96. The van der Waals surface area contributed by atoms with Crippen LogP contribution in [0.2, 0.25) is 0 Å². The zero-order valence-corrected chi connectivity index (χ0v) is 14.4. The first-order valence-corrected chi connectivity index (χ1v) is 8.07. The van der Waals surface area contributed by atoms with E-state index in [2.05, 4.69) is 20.4 Å². The highest BCUT2D eigenvalue weighted by Crippen LogP contribution is 2.28. The molecule has 0 fully saturated rings. The first-order valence-electron chi connectivity index (χ1n) is 8.07. The van der Waals surface area contributed by atoms with Crippen LogP contribution in [-0.4, -0.2) is 26.9 Å². The quantitative estimate of drug-likeness (QED) is 0.588. The zero-order valence-electron chi connectivity index (χ0n) is 14.4. The van der Waals surface area contributed by atoms with Gasteiger partial charge in [0, 0.05) is 35.9 Å². The number of ether oxygens (including phenoxy) is 1. The summed E-state index contributed by atoms with van der Waals surface area (Å²) in [5.41, 5.74) is 2.78. The van der Waals surface area contributed by atoms with Crippen molar-refractivity contribution >= 4 is 11.7 Å². The highest BCUT2D eigenvalue weighted by molar-refractivity contribution is 5.62. The predicted molar refractivity (Wildman–Crippen MR) is 97.9 cm³/mol. The number of benzene rings is 1. The summed E-state index contributed by atoms with van der Waals surface area (Å²) in [5.74, 6) is 2.14. The molecule has 3 heterocycles. The third-order valence-corrected chi connectivity index (χ3v) is 3.96. The number of nitrogens with one attached hydrogen (secondary N) is 1. The fraction of sp³-hybridized carbons (Fsp3) is 0.105. The summed E-state index contributed by atoms with van der Waals surface area (Å²) in [7, 11) is 1.64. The van der Waals surface area contributed by atoms with E-state index in [0.717, 1.165) is 28.4 Å². The number of hydrogen-bond acceptors (Lipinski definition) is 6. The van der Waals surface area contributed by atoms with Crippen LogP contribution in [0.5, 0.6) is 5.75 Å². The van der Waals surface area contributed by atoms with E-state index in [0.29, 0.717) is 11.8 Å². The molecule has 0 saturated heterocycles. The van der Waals surface area contributed by atoms with Gasteiger partial charge in [-0.15, -0.1) is 0 Å². The fourth-order valence-corrected chi connectivity index (χ4v) is 2.51. The Morgan fingerprint density at radius 1 is 1.12 bits per heavy atom. The van der Waals surface area contributed by atoms with Crippen LogP contribution in [0.25, 0.3) is 17.1 Å². The molecular weight excluding hydrogens is 330 g/mol. The van der Waals surface area contributed by atoms with Crippen molar-refractivity contribution in [1.82, 2.24) is 19.7 Å². The summed E-state index contributed by atoms with van der Waals surface area (Å²) in [4.78, 5) is 8.70. The number of oxazole rings is 1. The molecule has 7 heteroatoms. The Kier molecular flexibility index (Phi) is 4.10. The summed E-state index contributed by atoms with van der Waals surface area (Å²) in [5, 5.41) is 7.34. The van der Waals surface area contributed by atoms with E-state index in [1.54, 1.807) is 30.4 Å². The molecule has 0 bridgehead atoms. The van der Waals surface area contributed by atoms with Gasteiger partial charge in [0.15, 0.2) is 11.6 Å². The van der Waals surface area contributed by atoms with E-state index in [1.807, 2.05) is 49.5 Å². The minimum Gasteiger partial charge on any atom is -0.497 e. The van der Waals surface area contributed by atoms with Crippen molar-refractivity contribution in [1.29, 1.82) is 0 Å². The second kappa shape index (κ2) is 6.72. The first-order chi connectivity index (χ1) is 12.7. The van der Waals surface area contributed by atoms with Gasteiger partial charge in [-0.1, -0.05) is 6.07 Å². The molecule has 4 rings (SSSR count). The van der Waals surface area contributed by atoms with Crippen molar-refractivity contribution in [3.05, 3.63) is 66.7 Å². The topological polar surface area (TPSA) is 78.0 Å². The Bertz CT molecular complexity index is 1010. The van der Waals surface area contributed by atoms with Gasteiger partial charge in [0.25, 0.3) is 6.01 Å². The summed E-state index contributed by atoms with van der Waals surface area (Å²) in [6, 6.07) is 11.9. The van der Waals surface area contributed by atoms with Crippen LogP contribution in [0.15, 0.2) is 65.6 Å². The van der Waals surface area contributed by atoms with Crippen LogP contribution >= 0.6 is 0 Å². The molecule has 7 nitrogen and oxygen atoms in total. The molecule has 1 aromatic carbocycles. The Labute approximate surface area is 150 Å². The smallest absolute Gasteiger partial charge is 0.299 e. The maximum Gasteiger partial charge on any atom is 0.299 e. The number of hydrogen-bond donors (Lipinski definition) is 1. The molecule has 0 aliphatic carbocycles. The molecule has 0 saturated carbocycles.